The van der Waals surface area contributed by atoms with Crippen molar-refractivity contribution in [1.82, 2.24) is 24.4 Å². The van der Waals surface area contributed by atoms with Crippen LogP contribution >= 0.6 is 0 Å². The minimum absolute atomic E-state index is 0.0422. The van der Waals surface area contributed by atoms with Gasteiger partial charge in [0.15, 0.2) is 11.3 Å². The van der Waals surface area contributed by atoms with Crippen LogP contribution < -0.4 is 5.73 Å². The maximum Gasteiger partial charge on any atom is 0.435 e. The monoisotopic (exact) mass is 296 g/mol. The van der Waals surface area contributed by atoms with E-state index in [1.54, 1.807) is 24.9 Å². The fourth-order valence-corrected chi connectivity index (χ4v) is 2.13. The van der Waals surface area contributed by atoms with Crippen LogP contribution in [-0.2, 0) is 13.2 Å². The van der Waals surface area contributed by atoms with E-state index in [1.807, 2.05) is 0 Å². The third-order valence-corrected chi connectivity index (χ3v) is 3.03. The molecule has 0 unspecified atom stereocenters. The van der Waals surface area contributed by atoms with Gasteiger partial charge in [-0.3, -0.25) is 4.68 Å². The number of hydrogen-bond donors (Lipinski definition) is 1. The third-order valence-electron chi connectivity index (χ3n) is 3.03. The number of nitrogens with two attached hydrogens (primary N) is 1. The molecule has 0 bridgehead atoms. The number of fused-ring (bicyclic) bond motifs is 1. The Kier molecular flexibility index (Phi) is 2.68. The predicted octanol–water partition coefficient (Wildman–Crippen LogP) is 2.04. The van der Waals surface area contributed by atoms with Crippen molar-refractivity contribution in [3.05, 3.63) is 29.7 Å². The first kappa shape index (κ1) is 13.4. The maximum absolute atomic E-state index is 12.7. The van der Waals surface area contributed by atoms with Gasteiger partial charge >= 0.3 is 6.18 Å². The van der Waals surface area contributed by atoms with E-state index >= 15 is 0 Å². The lowest BCUT2D eigenvalue weighted by Crippen LogP contribution is -2.07. The highest BCUT2D eigenvalue weighted by atomic mass is 19.4. The maximum atomic E-state index is 12.7. The van der Waals surface area contributed by atoms with Crippen molar-refractivity contribution < 1.29 is 13.2 Å². The topological polar surface area (TPSA) is 74.0 Å². The van der Waals surface area contributed by atoms with E-state index in [-0.39, 0.29) is 11.5 Å². The summed E-state index contributed by atoms with van der Waals surface area (Å²) in [6.45, 7) is 1.79. The van der Waals surface area contributed by atoms with Crippen LogP contribution in [0.2, 0.25) is 0 Å². The van der Waals surface area contributed by atoms with Gasteiger partial charge in [-0.2, -0.15) is 27.9 Å². The highest BCUT2D eigenvalue weighted by Gasteiger charge is 2.34. The molecule has 9 heteroatoms. The summed E-state index contributed by atoms with van der Waals surface area (Å²) < 4.78 is 40.6. The van der Waals surface area contributed by atoms with Crippen molar-refractivity contribution in [3.8, 4) is 11.3 Å². The number of nitrogens with zero attached hydrogens (tertiary/aromatic N) is 5. The van der Waals surface area contributed by atoms with Crippen molar-refractivity contribution in [2.24, 2.45) is 7.05 Å². The first-order valence-corrected chi connectivity index (χ1v) is 6.00. The van der Waals surface area contributed by atoms with E-state index in [0.29, 0.717) is 17.0 Å². The lowest BCUT2D eigenvalue weighted by molar-refractivity contribution is -0.141. The Bertz CT molecular complexity index is 829. The summed E-state index contributed by atoms with van der Waals surface area (Å²) in [6, 6.07) is 2.34. The summed E-state index contributed by atoms with van der Waals surface area (Å²) >= 11 is 0. The molecule has 2 N–H and O–H groups in total. The molecule has 0 aliphatic heterocycles. The number of rotatable bonds is 1. The summed E-state index contributed by atoms with van der Waals surface area (Å²) in [6.07, 6.45) is -2.81. The molecule has 0 atom stereocenters. The molecule has 21 heavy (non-hydrogen) atoms. The largest absolute Gasteiger partial charge is 0.435 e. The Hall–Kier alpha value is -2.58. The van der Waals surface area contributed by atoms with Gasteiger partial charge in [-0.25, -0.2) is 4.98 Å². The van der Waals surface area contributed by atoms with Crippen LogP contribution in [0.15, 0.2) is 18.3 Å². The van der Waals surface area contributed by atoms with E-state index in [9.17, 15) is 13.2 Å². The molecule has 3 rings (SSSR count). The lowest BCUT2D eigenvalue weighted by atomic mass is 10.2. The molecule has 0 aliphatic rings. The number of aromatic nitrogens is 5. The number of alkyl halides is 3. The molecular weight excluding hydrogens is 285 g/mol. The number of hydrogen-bond acceptors (Lipinski definition) is 4. The predicted molar refractivity (Wildman–Crippen MR) is 69.3 cm³/mol. The molecule has 0 saturated carbocycles. The average Bonchev–Trinajstić information content (AvgIpc) is 2.92. The second kappa shape index (κ2) is 4.21. The lowest BCUT2D eigenvalue weighted by Gasteiger charge is -2.03. The second-order valence-electron chi connectivity index (χ2n) is 4.67. The Labute approximate surface area is 117 Å². The van der Waals surface area contributed by atoms with Gasteiger partial charge in [0, 0.05) is 30.9 Å². The molecule has 0 radical (unpaired) electrons. The molecule has 0 saturated heterocycles. The number of halogens is 3. The van der Waals surface area contributed by atoms with E-state index in [1.165, 1.54) is 6.07 Å². The molecule has 6 nitrogen and oxygen atoms in total. The van der Waals surface area contributed by atoms with Crippen molar-refractivity contribution >= 4 is 11.5 Å². The van der Waals surface area contributed by atoms with E-state index in [2.05, 4.69) is 15.2 Å². The van der Waals surface area contributed by atoms with Crippen LogP contribution in [0.25, 0.3) is 16.9 Å². The Morgan fingerprint density at radius 3 is 2.48 bits per heavy atom. The minimum Gasteiger partial charge on any atom is -0.384 e. The van der Waals surface area contributed by atoms with E-state index in [0.717, 1.165) is 10.6 Å². The third kappa shape index (κ3) is 2.20. The molecule has 3 aromatic heterocycles. The first-order valence-electron chi connectivity index (χ1n) is 6.00. The Balaban J connectivity index is 2.21. The number of nitrogen functional groups attached to an aromatic ring is 1. The standard InChI is InChI=1S/C12H11F3N6/c1-6-7(5-20(2)18-6)8-3-10(16)21-11(17-8)4-9(19-21)12(13,14)15/h3-5H,16H2,1-2H3. The molecule has 0 aliphatic carbocycles. The molecular formula is C12H11F3N6. The summed E-state index contributed by atoms with van der Waals surface area (Å²) in [5.41, 5.74) is 6.67. The van der Waals surface area contributed by atoms with Crippen molar-refractivity contribution in [2.45, 2.75) is 13.1 Å². The zero-order valence-corrected chi connectivity index (χ0v) is 11.2. The van der Waals surface area contributed by atoms with Crippen LogP contribution in [0.5, 0.6) is 0 Å². The molecule has 3 heterocycles. The van der Waals surface area contributed by atoms with Gasteiger partial charge in [0.25, 0.3) is 0 Å². The van der Waals surface area contributed by atoms with Gasteiger partial charge in [0.2, 0.25) is 0 Å². The van der Waals surface area contributed by atoms with Crippen LogP contribution in [-0.4, -0.2) is 24.4 Å². The number of anilines is 1. The van der Waals surface area contributed by atoms with Crippen LogP contribution in [0.4, 0.5) is 19.0 Å². The fraction of sp³-hybridized carbons (Fsp3) is 0.250. The molecule has 0 amide bonds. The minimum atomic E-state index is -4.54. The zero-order chi connectivity index (χ0) is 15.4. The molecule has 110 valence electrons. The van der Waals surface area contributed by atoms with E-state index in [4.69, 9.17) is 5.73 Å². The average molecular weight is 296 g/mol. The SMILES string of the molecule is Cc1nn(C)cc1-c1cc(N)n2nc(C(F)(F)F)cc2n1. The highest BCUT2D eigenvalue weighted by Crippen LogP contribution is 2.30. The summed E-state index contributed by atoms with van der Waals surface area (Å²) in [5, 5.41) is 7.60. The van der Waals surface area contributed by atoms with Crippen molar-refractivity contribution in [3.63, 3.8) is 0 Å². The normalized spacial score (nSPS) is 12.2. The van der Waals surface area contributed by atoms with Crippen LogP contribution in [0.3, 0.4) is 0 Å². The van der Waals surface area contributed by atoms with Gasteiger partial charge in [-0.05, 0) is 6.92 Å². The molecule has 0 fully saturated rings. The van der Waals surface area contributed by atoms with Crippen LogP contribution in [0, 0.1) is 6.92 Å². The van der Waals surface area contributed by atoms with Crippen molar-refractivity contribution in [1.29, 1.82) is 0 Å². The van der Waals surface area contributed by atoms with Gasteiger partial charge in [-0.15, -0.1) is 0 Å². The smallest absolute Gasteiger partial charge is 0.384 e. The number of aryl methyl sites for hydroxylation is 2. The van der Waals surface area contributed by atoms with Gasteiger partial charge < -0.3 is 5.73 Å². The summed E-state index contributed by atoms with van der Waals surface area (Å²) in [4.78, 5) is 4.18. The second-order valence-corrected chi connectivity index (χ2v) is 4.67. The Morgan fingerprint density at radius 2 is 1.90 bits per heavy atom. The van der Waals surface area contributed by atoms with Crippen molar-refractivity contribution in [2.75, 3.05) is 5.73 Å². The first-order chi connectivity index (χ1) is 9.75. The quantitative estimate of drug-likeness (QED) is 0.745. The van der Waals surface area contributed by atoms with Gasteiger partial charge in [0.05, 0.1) is 11.4 Å². The molecule has 3 aromatic rings. The molecule has 0 aromatic carbocycles. The molecule has 0 spiro atoms. The van der Waals surface area contributed by atoms with Crippen LogP contribution in [0.1, 0.15) is 11.4 Å². The zero-order valence-electron chi connectivity index (χ0n) is 11.2. The highest BCUT2D eigenvalue weighted by molar-refractivity contribution is 5.67. The van der Waals surface area contributed by atoms with E-state index < -0.39 is 11.9 Å². The van der Waals surface area contributed by atoms with Gasteiger partial charge in [-0.1, -0.05) is 0 Å². The summed E-state index contributed by atoms with van der Waals surface area (Å²) in [7, 11) is 1.75. The fourth-order valence-electron chi connectivity index (χ4n) is 2.13. The Morgan fingerprint density at radius 1 is 1.19 bits per heavy atom. The van der Waals surface area contributed by atoms with Gasteiger partial charge in [0.1, 0.15) is 5.82 Å². The summed E-state index contributed by atoms with van der Waals surface area (Å²) in [5.74, 6) is 0.0775.